The SMILES string of the molecule is CCN1CCN(Cc2cc(OC)c([N+](=O)[O-])cc2Cl)CC1. The summed E-state index contributed by atoms with van der Waals surface area (Å²) in [5, 5.41) is 11.4. The van der Waals surface area contributed by atoms with Crippen LogP contribution < -0.4 is 4.74 Å². The fourth-order valence-corrected chi connectivity index (χ4v) is 2.73. The van der Waals surface area contributed by atoms with Gasteiger partial charge in [0.1, 0.15) is 0 Å². The number of nitrogens with zero attached hydrogens (tertiary/aromatic N) is 3. The van der Waals surface area contributed by atoms with Crippen molar-refractivity contribution in [3.8, 4) is 5.75 Å². The second-order valence-corrected chi connectivity index (χ2v) is 5.49. The topological polar surface area (TPSA) is 58.8 Å². The van der Waals surface area contributed by atoms with E-state index >= 15 is 0 Å². The van der Waals surface area contributed by atoms with Crippen molar-refractivity contribution in [2.24, 2.45) is 0 Å². The molecule has 1 fully saturated rings. The number of likely N-dealkylation sites (N-methyl/N-ethyl adjacent to an activating group) is 1. The number of hydrogen-bond donors (Lipinski definition) is 0. The van der Waals surface area contributed by atoms with Crippen LogP contribution in [0.4, 0.5) is 5.69 Å². The maximum atomic E-state index is 11.0. The molecule has 0 saturated carbocycles. The van der Waals surface area contributed by atoms with E-state index in [0.717, 1.165) is 38.3 Å². The maximum absolute atomic E-state index is 11.0. The Morgan fingerprint density at radius 3 is 2.43 bits per heavy atom. The number of ether oxygens (including phenoxy) is 1. The standard InChI is InChI=1S/C14H20ClN3O3/c1-3-16-4-6-17(7-5-16)10-11-8-14(21-2)13(18(19)20)9-12(11)15/h8-9H,3-7,10H2,1-2H3. The van der Waals surface area contributed by atoms with Gasteiger partial charge in [-0.25, -0.2) is 0 Å². The number of methoxy groups -OCH3 is 1. The first-order chi connectivity index (χ1) is 10.0. The molecule has 2 rings (SSSR count). The highest BCUT2D eigenvalue weighted by atomic mass is 35.5. The van der Waals surface area contributed by atoms with Crippen molar-refractivity contribution in [1.82, 2.24) is 9.80 Å². The molecule has 1 aliphatic rings. The molecule has 1 aromatic rings. The van der Waals surface area contributed by atoms with Crippen LogP contribution in [0.25, 0.3) is 0 Å². The largest absolute Gasteiger partial charge is 0.490 e. The van der Waals surface area contributed by atoms with Crippen molar-refractivity contribution in [2.45, 2.75) is 13.5 Å². The number of halogens is 1. The summed E-state index contributed by atoms with van der Waals surface area (Å²) in [6.45, 7) is 7.95. The van der Waals surface area contributed by atoms with Crippen LogP contribution in [-0.4, -0.2) is 54.6 Å². The zero-order valence-electron chi connectivity index (χ0n) is 12.3. The van der Waals surface area contributed by atoms with Crippen molar-refractivity contribution in [3.63, 3.8) is 0 Å². The molecule has 7 heteroatoms. The van der Waals surface area contributed by atoms with Gasteiger partial charge in [-0.15, -0.1) is 0 Å². The molecule has 1 aromatic carbocycles. The minimum atomic E-state index is -0.478. The second-order valence-electron chi connectivity index (χ2n) is 5.08. The van der Waals surface area contributed by atoms with E-state index in [9.17, 15) is 10.1 Å². The summed E-state index contributed by atoms with van der Waals surface area (Å²) in [5.74, 6) is 0.256. The van der Waals surface area contributed by atoms with E-state index in [1.807, 2.05) is 0 Å². The molecule has 0 N–H and O–H groups in total. The number of benzene rings is 1. The molecule has 21 heavy (non-hydrogen) atoms. The van der Waals surface area contributed by atoms with Crippen LogP contribution >= 0.6 is 11.6 Å². The molecular formula is C14H20ClN3O3. The van der Waals surface area contributed by atoms with Gasteiger partial charge >= 0.3 is 5.69 Å². The Bertz CT molecular complexity index is 516. The number of piperazine rings is 1. The van der Waals surface area contributed by atoms with Gasteiger partial charge in [0.15, 0.2) is 5.75 Å². The molecule has 0 atom stereocenters. The van der Waals surface area contributed by atoms with E-state index in [0.29, 0.717) is 11.6 Å². The van der Waals surface area contributed by atoms with Crippen LogP contribution in [0.3, 0.4) is 0 Å². The first kappa shape index (κ1) is 16.0. The molecule has 0 amide bonds. The molecule has 0 radical (unpaired) electrons. The van der Waals surface area contributed by atoms with Gasteiger partial charge in [-0.2, -0.15) is 0 Å². The molecule has 1 saturated heterocycles. The van der Waals surface area contributed by atoms with Gasteiger partial charge in [-0.1, -0.05) is 18.5 Å². The number of rotatable bonds is 5. The molecule has 0 aromatic heterocycles. The average molecular weight is 314 g/mol. The average Bonchev–Trinajstić information content (AvgIpc) is 2.49. The molecule has 0 bridgehead atoms. The Labute approximate surface area is 129 Å². The van der Waals surface area contributed by atoms with Crippen LogP contribution in [0.2, 0.25) is 5.02 Å². The van der Waals surface area contributed by atoms with Gasteiger partial charge in [0, 0.05) is 38.8 Å². The Morgan fingerprint density at radius 1 is 1.29 bits per heavy atom. The lowest BCUT2D eigenvalue weighted by molar-refractivity contribution is -0.385. The van der Waals surface area contributed by atoms with Crippen molar-refractivity contribution in [1.29, 1.82) is 0 Å². The first-order valence-corrected chi connectivity index (χ1v) is 7.38. The second kappa shape index (κ2) is 7.06. The highest BCUT2D eigenvalue weighted by Crippen LogP contribution is 2.33. The predicted molar refractivity (Wildman–Crippen MR) is 82.0 cm³/mol. The van der Waals surface area contributed by atoms with Crippen molar-refractivity contribution in [2.75, 3.05) is 39.8 Å². The highest BCUT2D eigenvalue weighted by molar-refractivity contribution is 6.31. The number of nitro benzene ring substituents is 1. The molecule has 0 aliphatic carbocycles. The number of nitro groups is 1. The van der Waals surface area contributed by atoms with Crippen molar-refractivity contribution < 1.29 is 9.66 Å². The Kier molecular flexibility index (Phi) is 5.39. The molecule has 1 heterocycles. The lowest BCUT2D eigenvalue weighted by atomic mass is 10.1. The van der Waals surface area contributed by atoms with Gasteiger partial charge in [0.2, 0.25) is 0 Å². The zero-order chi connectivity index (χ0) is 15.4. The van der Waals surface area contributed by atoms with E-state index < -0.39 is 4.92 Å². The van der Waals surface area contributed by atoms with Crippen LogP contribution in [0.1, 0.15) is 12.5 Å². The Balaban J connectivity index is 2.12. The summed E-state index contributed by atoms with van der Waals surface area (Å²) >= 11 is 6.18. The normalized spacial score (nSPS) is 16.9. The molecule has 6 nitrogen and oxygen atoms in total. The molecule has 0 unspecified atom stereocenters. The fraction of sp³-hybridized carbons (Fsp3) is 0.571. The number of hydrogen-bond acceptors (Lipinski definition) is 5. The third kappa shape index (κ3) is 3.84. The smallest absolute Gasteiger partial charge is 0.312 e. The third-order valence-corrected chi connectivity index (χ3v) is 4.20. The quantitative estimate of drug-likeness (QED) is 0.617. The van der Waals surface area contributed by atoms with Crippen LogP contribution in [-0.2, 0) is 6.54 Å². The van der Waals surface area contributed by atoms with Crippen LogP contribution in [0, 0.1) is 10.1 Å². The maximum Gasteiger partial charge on any atom is 0.312 e. The lowest BCUT2D eigenvalue weighted by Gasteiger charge is -2.34. The van der Waals surface area contributed by atoms with Crippen LogP contribution in [0.5, 0.6) is 5.75 Å². The van der Waals surface area contributed by atoms with Gasteiger partial charge in [0.05, 0.1) is 17.1 Å². The molecule has 116 valence electrons. The Hall–Kier alpha value is -1.37. The van der Waals surface area contributed by atoms with Crippen LogP contribution in [0.15, 0.2) is 12.1 Å². The first-order valence-electron chi connectivity index (χ1n) is 7.00. The monoisotopic (exact) mass is 313 g/mol. The minimum Gasteiger partial charge on any atom is -0.490 e. The fourth-order valence-electron chi connectivity index (χ4n) is 2.52. The zero-order valence-corrected chi connectivity index (χ0v) is 13.1. The molecular weight excluding hydrogens is 294 g/mol. The highest BCUT2D eigenvalue weighted by Gasteiger charge is 2.21. The molecule has 1 aliphatic heterocycles. The van der Waals surface area contributed by atoms with E-state index in [1.165, 1.54) is 13.2 Å². The summed E-state index contributed by atoms with van der Waals surface area (Å²) in [5.41, 5.74) is 0.770. The van der Waals surface area contributed by atoms with Gasteiger partial charge < -0.3 is 9.64 Å². The van der Waals surface area contributed by atoms with Crippen molar-refractivity contribution in [3.05, 3.63) is 32.8 Å². The summed E-state index contributed by atoms with van der Waals surface area (Å²) in [7, 11) is 1.43. The van der Waals surface area contributed by atoms with Gasteiger partial charge in [-0.3, -0.25) is 15.0 Å². The van der Waals surface area contributed by atoms with Gasteiger partial charge in [-0.05, 0) is 18.2 Å². The minimum absolute atomic E-state index is 0.0953. The van der Waals surface area contributed by atoms with E-state index in [-0.39, 0.29) is 11.4 Å². The van der Waals surface area contributed by atoms with E-state index in [2.05, 4.69) is 16.7 Å². The predicted octanol–water partition coefficient (Wildman–Crippen LogP) is 2.39. The lowest BCUT2D eigenvalue weighted by Crippen LogP contribution is -2.45. The van der Waals surface area contributed by atoms with E-state index in [1.54, 1.807) is 6.07 Å². The Morgan fingerprint density at radius 2 is 1.90 bits per heavy atom. The van der Waals surface area contributed by atoms with E-state index in [4.69, 9.17) is 16.3 Å². The third-order valence-electron chi connectivity index (χ3n) is 3.85. The van der Waals surface area contributed by atoms with Gasteiger partial charge in [0.25, 0.3) is 0 Å². The summed E-state index contributed by atoms with van der Waals surface area (Å²) < 4.78 is 5.10. The summed E-state index contributed by atoms with van der Waals surface area (Å²) in [4.78, 5) is 15.2. The summed E-state index contributed by atoms with van der Waals surface area (Å²) in [6, 6.07) is 3.05. The molecule has 0 spiro atoms. The van der Waals surface area contributed by atoms with Crippen molar-refractivity contribution >= 4 is 17.3 Å². The summed E-state index contributed by atoms with van der Waals surface area (Å²) in [6.07, 6.45) is 0.